The molecule has 4 rings (SSSR count). The highest BCUT2D eigenvalue weighted by Gasteiger charge is 2.36. The number of fused-ring (bicyclic) bond motifs is 1. The van der Waals surface area contributed by atoms with Crippen molar-refractivity contribution in [3.8, 4) is 11.1 Å². The number of hydrogen-bond donors (Lipinski definition) is 0. The van der Waals surface area contributed by atoms with Gasteiger partial charge in [0, 0.05) is 6.61 Å². The Morgan fingerprint density at radius 1 is 0.821 bits per heavy atom. The molecule has 0 aromatic heterocycles. The van der Waals surface area contributed by atoms with E-state index < -0.39 is 17.5 Å². The molecule has 4 atom stereocenters. The van der Waals surface area contributed by atoms with Crippen molar-refractivity contribution in [2.45, 2.75) is 57.5 Å². The Bertz CT molecular complexity index is 794. The first-order chi connectivity index (χ1) is 13.5. The second kappa shape index (κ2) is 8.28. The molecule has 0 aliphatic heterocycles. The van der Waals surface area contributed by atoms with E-state index in [9.17, 15) is 13.2 Å². The van der Waals surface area contributed by atoms with Crippen LogP contribution >= 0.6 is 0 Å². The fourth-order valence-corrected chi connectivity index (χ4v) is 5.21. The first kappa shape index (κ1) is 19.5. The molecule has 4 unspecified atom stereocenters. The summed E-state index contributed by atoms with van der Waals surface area (Å²) >= 11 is 0. The molecule has 1 nitrogen and oxygen atoms in total. The molecule has 2 fully saturated rings. The van der Waals surface area contributed by atoms with Crippen LogP contribution in [0.3, 0.4) is 0 Å². The summed E-state index contributed by atoms with van der Waals surface area (Å²) in [5, 5.41) is 0. The van der Waals surface area contributed by atoms with Crippen molar-refractivity contribution in [1.29, 1.82) is 0 Å². The van der Waals surface area contributed by atoms with Crippen LogP contribution in [0.2, 0.25) is 0 Å². The van der Waals surface area contributed by atoms with E-state index in [2.05, 4.69) is 19.1 Å². The van der Waals surface area contributed by atoms with Gasteiger partial charge in [0.15, 0.2) is 17.5 Å². The number of ether oxygens (including phenoxy) is 1. The summed E-state index contributed by atoms with van der Waals surface area (Å²) in [6.07, 6.45) is 7.70. The van der Waals surface area contributed by atoms with Gasteiger partial charge in [-0.2, -0.15) is 0 Å². The Kier molecular flexibility index (Phi) is 5.77. The van der Waals surface area contributed by atoms with Crippen LogP contribution in [0.4, 0.5) is 13.2 Å². The minimum absolute atomic E-state index is 0.362. The third-order valence-corrected chi connectivity index (χ3v) is 6.67. The lowest BCUT2D eigenvalue weighted by Crippen LogP contribution is -2.33. The summed E-state index contributed by atoms with van der Waals surface area (Å²) in [7, 11) is 0. The fraction of sp³-hybridized carbons (Fsp3) is 0.500. The standard InChI is InChI=1S/C24H27F3O/c1-2-28-21-10-9-18-11-17(7-8-19(18)12-21)15-3-5-16(6-4-15)20-13-22(25)24(27)23(26)14-20/h3-6,13-14,17-19,21H,2,7-12H2,1H3. The first-order valence-electron chi connectivity index (χ1n) is 10.4. The number of hydrogen-bond acceptors (Lipinski definition) is 1. The summed E-state index contributed by atoms with van der Waals surface area (Å²) in [5.74, 6) is -1.63. The van der Waals surface area contributed by atoms with Gasteiger partial charge in [-0.1, -0.05) is 24.3 Å². The highest BCUT2D eigenvalue weighted by molar-refractivity contribution is 5.64. The molecule has 0 radical (unpaired) electrons. The normalized spacial score (nSPS) is 27.4. The molecule has 2 saturated carbocycles. The number of benzene rings is 2. The summed E-state index contributed by atoms with van der Waals surface area (Å²) in [6, 6.07) is 10.0. The predicted octanol–water partition coefficient (Wildman–Crippen LogP) is 6.86. The van der Waals surface area contributed by atoms with E-state index in [-0.39, 0.29) is 0 Å². The van der Waals surface area contributed by atoms with Crippen LogP contribution < -0.4 is 0 Å². The average molecular weight is 388 g/mol. The van der Waals surface area contributed by atoms with Crippen molar-refractivity contribution in [2.24, 2.45) is 11.8 Å². The molecule has 0 saturated heterocycles. The van der Waals surface area contributed by atoms with Crippen molar-refractivity contribution in [3.05, 3.63) is 59.4 Å². The smallest absolute Gasteiger partial charge is 0.194 e. The molecular weight excluding hydrogens is 361 g/mol. The van der Waals surface area contributed by atoms with Gasteiger partial charge in [-0.3, -0.25) is 0 Å². The Morgan fingerprint density at radius 2 is 1.46 bits per heavy atom. The zero-order valence-electron chi connectivity index (χ0n) is 16.3. The Labute approximate surface area is 164 Å². The monoisotopic (exact) mass is 388 g/mol. The van der Waals surface area contributed by atoms with Crippen LogP contribution in [0.1, 0.15) is 56.9 Å². The topological polar surface area (TPSA) is 9.23 Å². The molecule has 150 valence electrons. The van der Waals surface area contributed by atoms with Crippen LogP contribution in [-0.4, -0.2) is 12.7 Å². The van der Waals surface area contributed by atoms with E-state index >= 15 is 0 Å². The van der Waals surface area contributed by atoms with Gasteiger partial charge in [0.1, 0.15) is 0 Å². The van der Waals surface area contributed by atoms with Crippen LogP contribution in [0, 0.1) is 29.3 Å². The Balaban J connectivity index is 1.44. The summed E-state index contributed by atoms with van der Waals surface area (Å²) in [4.78, 5) is 0. The van der Waals surface area contributed by atoms with E-state index in [4.69, 9.17) is 4.74 Å². The van der Waals surface area contributed by atoms with Gasteiger partial charge in [-0.25, -0.2) is 13.2 Å². The SMILES string of the molecule is CCOC1CCC2CC(c3ccc(-c4cc(F)c(F)c(F)c4)cc3)CCC2C1. The van der Waals surface area contributed by atoms with E-state index in [1.165, 1.54) is 44.1 Å². The van der Waals surface area contributed by atoms with Gasteiger partial charge in [-0.15, -0.1) is 0 Å². The highest BCUT2D eigenvalue weighted by atomic mass is 19.2. The van der Waals surface area contributed by atoms with Crippen molar-refractivity contribution in [1.82, 2.24) is 0 Å². The summed E-state index contributed by atoms with van der Waals surface area (Å²) in [6.45, 7) is 2.88. The van der Waals surface area contributed by atoms with Crippen molar-refractivity contribution >= 4 is 0 Å². The number of halogens is 3. The molecule has 0 N–H and O–H groups in total. The highest BCUT2D eigenvalue weighted by Crippen LogP contribution is 2.46. The molecule has 0 spiro atoms. The van der Waals surface area contributed by atoms with E-state index in [1.54, 1.807) is 0 Å². The molecule has 4 heteroatoms. The maximum Gasteiger partial charge on any atom is 0.194 e. The van der Waals surface area contributed by atoms with Crippen LogP contribution in [0.15, 0.2) is 36.4 Å². The van der Waals surface area contributed by atoms with Crippen LogP contribution in [0.5, 0.6) is 0 Å². The van der Waals surface area contributed by atoms with Gasteiger partial charge in [-0.05, 0) is 92.0 Å². The summed E-state index contributed by atoms with van der Waals surface area (Å²) < 4.78 is 46.0. The van der Waals surface area contributed by atoms with Gasteiger partial charge < -0.3 is 4.74 Å². The van der Waals surface area contributed by atoms with Gasteiger partial charge in [0.25, 0.3) is 0 Å². The van der Waals surface area contributed by atoms with Gasteiger partial charge >= 0.3 is 0 Å². The fourth-order valence-electron chi connectivity index (χ4n) is 5.21. The molecule has 0 bridgehead atoms. The van der Waals surface area contributed by atoms with Crippen molar-refractivity contribution < 1.29 is 17.9 Å². The third kappa shape index (κ3) is 3.98. The van der Waals surface area contributed by atoms with Gasteiger partial charge in [0.05, 0.1) is 6.10 Å². The van der Waals surface area contributed by atoms with E-state index in [1.807, 2.05) is 12.1 Å². The Morgan fingerprint density at radius 3 is 2.14 bits per heavy atom. The van der Waals surface area contributed by atoms with Gasteiger partial charge in [0.2, 0.25) is 0 Å². The molecule has 28 heavy (non-hydrogen) atoms. The molecule has 2 aromatic carbocycles. The van der Waals surface area contributed by atoms with Crippen molar-refractivity contribution in [2.75, 3.05) is 6.61 Å². The first-order valence-corrected chi connectivity index (χ1v) is 10.4. The lowest BCUT2D eigenvalue weighted by Gasteiger charge is -2.42. The Hall–Kier alpha value is -1.81. The molecule has 0 heterocycles. The second-order valence-electron chi connectivity index (χ2n) is 8.30. The van der Waals surface area contributed by atoms with Crippen LogP contribution in [-0.2, 0) is 4.74 Å². The molecule has 2 aromatic rings. The average Bonchev–Trinajstić information content (AvgIpc) is 2.71. The minimum atomic E-state index is -1.42. The summed E-state index contributed by atoms with van der Waals surface area (Å²) in [5.41, 5.74) is 2.35. The molecule has 2 aliphatic carbocycles. The quantitative estimate of drug-likeness (QED) is 0.520. The second-order valence-corrected chi connectivity index (χ2v) is 8.30. The van der Waals surface area contributed by atoms with E-state index in [0.29, 0.717) is 23.1 Å². The largest absolute Gasteiger partial charge is 0.378 e. The molecular formula is C24H27F3O. The maximum atomic E-state index is 13.5. The van der Waals surface area contributed by atoms with E-state index in [0.717, 1.165) is 30.6 Å². The zero-order chi connectivity index (χ0) is 19.7. The minimum Gasteiger partial charge on any atom is -0.378 e. The zero-order valence-corrected chi connectivity index (χ0v) is 16.3. The lowest BCUT2D eigenvalue weighted by atomic mass is 9.65. The molecule has 0 amide bonds. The third-order valence-electron chi connectivity index (χ3n) is 6.67. The predicted molar refractivity (Wildman–Crippen MR) is 105 cm³/mol. The van der Waals surface area contributed by atoms with Crippen molar-refractivity contribution in [3.63, 3.8) is 0 Å². The molecule has 2 aliphatic rings. The van der Waals surface area contributed by atoms with Crippen LogP contribution in [0.25, 0.3) is 11.1 Å². The lowest BCUT2D eigenvalue weighted by molar-refractivity contribution is -0.00955. The number of rotatable bonds is 4. The maximum absolute atomic E-state index is 13.5.